The van der Waals surface area contributed by atoms with Gasteiger partial charge in [0.1, 0.15) is 0 Å². The maximum atomic E-state index is 12.5. The first-order valence-corrected chi connectivity index (χ1v) is 7.40. The third-order valence-electron chi connectivity index (χ3n) is 3.39. The molecule has 23 heavy (non-hydrogen) atoms. The smallest absolute Gasteiger partial charge is 0.253 e. The summed E-state index contributed by atoms with van der Waals surface area (Å²) >= 11 is 0. The predicted octanol–water partition coefficient (Wildman–Crippen LogP) is 2.87. The lowest BCUT2D eigenvalue weighted by atomic mass is 10.1. The van der Waals surface area contributed by atoms with Crippen molar-refractivity contribution in [1.29, 1.82) is 0 Å². The highest BCUT2D eigenvalue weighted by Gasteiger charge is 2.14. The maximum absolute atomic E-state index is 12.5. The summed E-state index contributed by atoms with van der Waals surface area (Å²) in [7, 11) is 1.75. The Balaban J connectivity index is 2.09. The molecule has 0 aliphatic rings. The Morgan fingerprint density at radius 3 is 2.48 bits per heavy atom. The van der Waals surface area contributed by atoms with Crippen molar-refractivity contribution in [3.05, 3.63) is 83.9 Å². The molecule has 1 N–H and O–H groups in total. The minimum atomic E-state index is -0.217. The number of carbonyl (C=O) groups excluding carboxylic acids is 2. The highest BCUT2D eigenvalue weighted by Crippen LogP contribution is 2.10. The van der Waals surface area contributed by atoms with Crippen LogP contribution in [0.15, 0.2) is 67.3 Å². The number of benzene rings is 2. The van der Waals surface area contributed by atoms with Crippen molar-refractivity contribution in [2.75, 3.05) is 13.6 Å². The van der Waals surface area contributed by atoms with Gasteiger partial charge in [-0.25, -0.2) is 0 Å². The fourth-order valence-electron chi connectivity index (χ4n) is 2.21. The van der Waals surface area contributed by atoms with Crippen molar-refractivity contribution in [3.8, 4) is 0 Å². The first-order valence-electron chi connectivity index (χ1n) is 7.40. The molecule has 0 fully saturated rings. The molecule has 0 atom stereocenters. The van der Waals surface area contributed by atoms with Crippen LogP contribution in [0.25, 0.3) is 0 Å². The monoisotopic (exact) mass is 308 g/mol. The van der Waals surface area contributed by atoms with Gasteiger partial charge in [-0.2, -0.15) is 0 Å². The van der Waals surface area contributed by atoms with E-state index in [0.717, 1.165) is 5.56 Å². The molecule has 118 valence electrons. The fourth-order valence-corrected chi connectivity index (χ4v) is 2.21. The molecule has 0 heterocycles. The van der Waals surface area contributed by atoms with Crippen LogP contribution in [0.3, 0.4) is 0 Å². The lowest BCUT2D eigenvalue weighted by molar-refractivity contribution is 0.0785. The van der Waals surface area contributed by atoms with Crippen molar-refractivity contribution in [1.82, 2.24) is 10.2 Å². The minimum absolute atomic E-state index is 0.118. The van der Waals surface area contributed by atoms with Gasteiger partial charge in [0.15, 0.2) is 0 Å². The van der Waals surface area contributed by atoms with Crippen LogP contribution in [0.5, 0.6) is 0 Å². The number of amides is 2. The Morgan fingerprint density at radius 2 is 1.78 bits per heavy atom. The normalized spacial score (nSPS) is 9.96. The number of nitrogens with zero attached hydrogens (tertiary/aromatic N) is 1. The van der Waals surface area contributed by atoms with Crippen LogP contribution in [-0.4, -0.2) is 30.3 Å². The van der Waals surface area contributed by atoms with Crippen LogP contribution >= 0.6 is 0 Å². The summed E-state index contributed by atoms with van der Waals surface area (Å²) in [6.07, 6.45) is 1.61. The largest absolute Gasteiger partial charge is 0.349 e. The van der Waals surface area contributed by atoms with Gasteiger partial charge in [0.05, 0.1) is 0 Å². The van der Waals surface area contributed by atoms with Crippen molar-refractivity contribution in [2.45, 2.75) is 6.54 Å². The van der Waals surface area contributed by atoms with Crippen LogP contribution in [-0.2, 0) is 6.54 Å². The number of hydrogen-bond acceptors (Lipinski definition) is 2. The second-order valence-corrected chi connectivity index (χ2v) is 5.23. The molecular weight excluding hydrogens is 288 g/mol. The van der Waals surface area contributed by atoms with Gasteiger partial charge in [-0.15, -0.1) is 6.58 Å². The third-order valence-corrected chi connectivity index (χ3v) is 3.39. The van der Waals surface area contributed by atoms with E-state index in [1.165, 1.54) is 0 Å². The van der Waals surface area contributed by atoms with Crippen molar-refractivity contribution in [2.24, 2.45) is 0 Å². The molecule has 4 nitrogen and oxygen atoms in total. The molecule has 0 radical (unpaired) electrons. The molecule has 2 aromatic carbocycles. The van der Waals surface area contributed by atoms with Crippen LogP contribution < -0.4 is 5.32 Å². The second-order valence-electron chi connectivity index (χ2n) is 5.23. The molecule has 0 saturated carbocycles. The lowest BCUT2D eigenvalue weighted by Crippen LogP contribution is -2.27. The van der Waals surface area contributed by atoms with Gasteiger partial charge < -0.3 is 10.2 Å². The molecule has 0 saturated heterocycles. The van der Waals surface area contributed by atoms with E-state index in [4.69, 9.17) is 0 Å². The summed E-state index contributed by atoms with van der Waals surface area (Å²) in [5, 5.41) is 2.70. The minimum Gasteiger partial charge on any atom is -0.349 e. The molecule has 4 heteroatoms. The van der Waals surface area contributed by atoms with Gasteiger partial charge in [-0.05, 0) is 23.8 Å². The first-order chi connectivity index (χ1) is 11.1. The number of rotatable bonds is 6. The molecule has 2 rings (SSSR count). The molecule has 0 unspecified atom stereocenters. The summed E-state index contributed by atoms with van der Waals surface area (Å²) in [6.45, 7) is 4.47. The summed E-state index contributed by atoms with van der Waals surface area (Å²) in [4.78, 5) is 26.1. The van der Waals surface area contributed by atoms with Crippen molar-refractivity contribution >= 4 is 11.8 Å². The van der Waals surface area contributed by atoms with Gasteiger partial charge in [0.2, 0.25) is 0 Å². The third kappa shape index (κ3) is 4.54. The van der Waals surface area contributed by atoms with Crippen molar-refractivity contribution in [3.63, 3.8) is 0 Å². The summed E-state index contributed by atoms with van der Waals surface area (Å²) in [5.41, 5.74) is 2.02. The zero-order valence-corrected chi connectivity index (χ0v) is 13.2. The predicted molar refractivity (Wildman–Crippen MR) is 91.2 cm³/mol. The average Bonchev–Trinajstić information content (AvgIpc) is 2.60. The van der Waals surface area contributed by atoms with Crippen LogP contribution in [0.2, 0.25) is 0 Å². The van der Waals surface area contributed by atoms with Crippen LogP contribution in [0, 0.1) is 0 Å². The van der Waals surface area contributed by atoms with Crippen molar-refractivity contribution < 1.29 is 9.59 Å². The highest BCUT2D eigenvalue weighted by atomic mass is 16.2. The van der Waals surface area contributed by atoms with E-state index in [1.807, 2.05) is 30.3 Å². The Morgan fingerprint density at radius 1 is 1.09 bits per heavy atom. The number of hydrogen-bond donors (Lipinski definition) is 1. The quantitative estimate of drug-likeness (QED) is 0.834. The van der Waals surface area contributed by atoms with Gasteiger partial charge >= 0.3 is 0 Å². The summed E-state index contributed by atoms with van der Waals surface area (Å²) in [6, 6.07) is 16.5. The fraction of sp³-hybridized carbons (Fsp3) is 0.158. The molecule has 0 bridgehead atoms. The van der Waals surface area contributed by atoms with E-state index >= 15 is 0 Å². The molecule has 2 amide bonds. The Kier molecular flexibility index (Phi) is 5.69. The molecule has 0 aliphatic carbocycles. The van der Waals surface area contributed by atoms with E-state index in [1.54, 1.807) is 42.3 Å². The van der Waals surface area contributed by atoms with Gasteiger partial charge in [0, 0.05) is 31.3 Å². The Hall–Kier alpha value is -2.88. The van der Waals surface area contributed by atoms with Crippen LogP contribution in [0.1, 0.15) is 26.3 Å². The summed E-state index contributed by atoms with van der Waals surface area (Å²) in [5.74, 6) is -0.336. The van der Waals surface area contributed by atoms with Gasteiger partial charge in [0.25, 0.3) is 11.8 Å². The van der Waals surface area contributed by atoms with E-state index < -0.39 is 0 Å². The van der Waals surface area contributed by atoms with E-state index in [9.17, 15) is 9.59 Å². The molecule has 0 aliphatic heterocycles. The molecule has 0 spiro atoms. The van der Waals surface area contributed by atoms with E-state index in [-0.39, 0.29) is 11.8 Å². The van der Waals surface area contributed by atoms with E-state index in [0.29, 0.717) is 24.2 Å². The molecular formula is C19H20N2O2. The maximum Gasteiger partial charge on any atom is 0.253 e. The van der Waals surface area contributed by atoms with Crippen LogP contribution in [0.4, 0.5) is 0 Å². The van der Waals surface area contributed by atoms with E-state index in [2.05, 4.69) is 11.9 Å². The highest BCUT2D eigenvalue weighted by molar-refractivity contribution is 5.99. The second kappa shape index (κ2) is 7.94. The number of nitrogens with one attached hydrogen (secondary N) is 1. The summed E-state index contributed by atoms with van der Waals surface area (Å²) < 4.78 is 0. The van der Waals surface area contributed by atoms with Gasteiger partial charge in [-0.3, -0.25) is 9.59 Å². The zero-order chi connectivity index (χ0) is 16.7. The first kappa shape index (κ1) is 16.5. The zero-order valence-electron chi connectivity index (χ0n) is 13.2. The Bertz CT molecular complexity index is 696. The number of carbonyl (C=O) groups is 2. The average molecular weight is 308 g/mol. The Labute approximate surface area is 136 Å². The SMILES string of the molecule is C=CCNC(=O)c1cccc(C(=O)N(C)Cc2ccccc2)c1. The molecule has 0 aromatic heterocycles. The molecule has 2 aromatic rings. The van der Waals surface area contributed by atoms with Gasteiger partial charge in [-0.1, -0.05) is 42.5 Å². The topological polar surface area (TPSA) is 49.4 Å². The lowest BCUT2D eigenvalue weighted by Gasteiger charge is -2.17. The standard InChI is InChI=1S/C19H20N2O2/c1-3-12-20-18(22)16-10-7-11-17(13-16)19(23)21(2)14-15-8-5-4-6-9-15/h3-11,13H,1,12,14H2,2H3,(H,20,22).